The van der Waals surface area contributed by atoms with Crippen LogP contribution in [0.2, 0.25) is 0 Å². The molecule has 0 fully saturated rings. The van der Waals surface area contributed by atoms with Crippen LogP contribution in [0.4, 0.5) is 5.69 Å². The van der Waals surface area contributed by atoms with E-state index in [2.05, 4.69) is 4.40 Å². The van der Waals surface area contributed by atoms with Gasteiger partial charge in [0.1, 0.15) is 0 Å². The van der Waals surface area contributed by atoms with E-state index in [0.717, 1.165) is 0 Å². The number of hydrogen-bond donors (Lipinski definition) is 1. The lowest BCUT2D eigenvalue weighted by Gasteiger charge is -2.10. The highest BCUT2D eigenvalue weighted by atomic mass is 32.2. The fourth-order valence-corrected chi connectivity index (χ4v) is 2.34. The molecule has 98 valence electrons. The van der Waals surface area contributed by atoms with E-state index >= 15 is 0 Å². The highest BCUT2D eigenvalue weighted by Gasteiger charge is 2.11. The fourth-order valence-electron chi connectivity index (χ4n) is 1.44. The minimum absolute atomic E-state index is 0.0639. The van der Waals surface area contributed by atoms with Crippen LogP contribution in [0.15, 0.2) is 63.9 Å². The Morgan fingerprint density at radius 3 is 2.16 bits per heavy atom. The van der Waals surface area contributed by atoms with Crippen LogP contribution in [0.1, 0.15) is 5.56 Å². The largest absolute Gasteiger partial charge is 0.858 e. The first-order chi connectivity index (χ1) is 8.99. The lowest BCUT2D eigenvalue weighted by molar-refractivity contribution is -0.212. The lowest BCUT2D eigenvalue weighted by atomic mass is 10.2. The van der Waals surface area contributed by atoms with E-state index < -0.39 is 15.9 Å². The van der Waals surface area contributed by atoms with E-state index in [4.69, 9.17) is 5.73 Å². The van der Waals surface area contributed by atoms with Gasteiger partial charge in [0.25, 0.3) is 10.0 Å². The molecule has 0 atom stereocenters. The van der Waals surface area contributed by atoms with Crippen LogP contribution in [-0.2, 0) is 10.0 Å². The second-order valence-corrected chi connectivity index (χ2v) is 5.41. The Labute approximate surface area is 111 Å². The first kappa shape index (κ1) is 13.1. The van der Waals surface area contributed by atoms with Gasteiger partial charge in [0.05, 0.1) is 4.90 Å². The maximum Gasteiger partial charge on any atom is 0.281 e. The number of nitrogen functional groups attached to an aromatic ring is 1. The molecule has 2 aromatic carbocycles. The van der Waals surface area contributed by atoms with E-state index in [1.807, 2.05) is 0 Å². The number of nitrogens with zero attached hydrogens (tertiary/aromatic N) is 1. The van der Waals surface area contributed by atoms with E-state index in [0.29, 0.717) is 5.69 Å². The summed E-state index contributed by atoms with van der Waals surface area (Å²) in [6.07, 6.45) is 0. The van der Waals surface area contributed by atoms with Crippen molar-refractivity contribution < 1.29 is 13.5 Å². The van der Waals surface area contributed by atoms with Gasteiger partial charge in [-0.2, -0.15) is 12.8 Å². The summed E-state index contributed by atoms with van der Waals surface area (Å²) in [5, 5.41) is 11.7. The maximum atomic E-state index is 11.9. The summed E-state index contributed by atoms with van der Waals surface area (Å²) < 4.78 is 27.1. The minimum atomic E-state index is -4.00. The molecular formula is C13H11N2O3S-. The molecule has 0 bridgehead atoms. The van der Waals surface area contributed by atoms with Gasteiger partial charge in [0.15, 0.2) is 0 Å². The van der Waals surface area contributed by atoms with Gasteiger partial charge in [-0.05, 0) is 29.8 Å². The fraction of sp³-hybridized carbons (Fsp3) is 0. The molecule has 5 nitrogen and oxygen atoms in total. The summed E-state index contributed by atoms with van der Waals surface area (Å²) >= 11 is 0. The smallest absolute Gasteiger partial charge is 0.281 e. The average Bonchev–Trinajstić information content (AvgIpc) is 2.40. The summed E-state index contributed by atoms with van der Waals surface area (Å²) in [6.45, 7) is 0. The first-order valence-electron chi connectivity index (χ1n) is 5.42. The molecule has 0 aromatic heterocycles. The highest BCUT2D eigenvalue weighted by Crippen LogP contribution is 2.15. The van der Waals surface area contributed by atoms with Crippen LogP contribution in [0, 0.1) is 0 Å². The molecule has 0 saturated carbocycles. The van der Waals surface area contributed by atoms with E-state index in [1.54, 1.807) is 18.2 Å². The molecule has 2 rings (SSSR count). The average molecular weight is 275 g/mol. The number of nitrogens with two attached hydrogens (primary N) is 1. The van der Waals surface area contributed by atoms with Crippen molar-refractivity contribution >= 4 is 21.6 Å². The first-order valence-corrected chi connectivity index (χ1v) is 6.86. The summed E-state index contributed by atoms with van der Waals surface area (Å²) in [5.41, 5.74) is 6.13. The van der Waals surface area contributed by atoms with Crippen LogP contribution < -0.4 is 10.8 Å². The molecule has 0 aliphatic rings. The highest BCUT2D eigenvalue weighted by molar-refractivity contribution is 7.90. The Hall–Kier alpha value is -2.34. The number of anilines is 1. The number of rotatable bonds is 3. The molecule has 2 aromatic rings. The Bertz CT molecular complexity index is 692. The van der Waals surface area contributed by atoms with Crippen LogP contribution in [0.25, 0.3) is 0 Å². The van der Waals surface area contributed by atoms with Crippen molar-refractivity contribution in [3.05, 3.63) is 60.2 Å². The lowest BCUT2D eigenvalue weighted by Crippen LogP contribution is -2.20. The molecule has 2 N–H and O–H groups in total. The zero-order chi connectivity index (χ0) is 13.9. The molecular weight excluding hydrogens is 264 g/mol. The minimum Gasteiger partial charge on any atom is -0.858 e. The zero-order valence-electron chi connectivity index (χ0n) is 9.85. The van der Waals surface area contributed by atoms with Crippen molar-refractivity contribution in [2.75, 3.05) is 5.73 Å². The van der Waals surface area contributed by atoms with Gasteiger partial charge in [-0.25, -0.2) is 0 Å². The maximum absolute atomic E-state index is 11.9. The quantitative estimate of drug-likeness (QED) is 0.508. The van der Waals surface area contributed by atoms with Gasteiger partial charge in [-0.1, -0.05) is 30.3 Å². The second kappa shape index (κ2) is 5.11. The Kier molecular flexibility index (Phi) is 3.52. The van der Waals surface area contributed by atoms with E-state index in [-0.39, 0.29) is 10.5 Å². The molecule has 6 heteroatoms. The molecule has 0 heterocycles. The zero-order valence-corrected chi connectivity index (χ0v) is 10.7. The third-order valence-electron chi connectivity index (χ3n) is 2.40. The number of hydrogen-bond acceptors (Lipinski definition) is 4. The Morgan fingerprint density at radius 2 is 1.58 bits per heavy atom. The van der Waals surface area contributed by atoms with Gasteiger partial charge >= 0.3 is 0 Å². The predicted molar refractivity (Wildman–Crippen MR) is 71.0 cm³/mol. The van der Waals surface area contributed by atoms with E-state index in [1.165, 1.54) is 36.4 Å². The van der Waals surface area contributed by atoms with Gasteiger partial charge in [0.2, 0.25) is 0 Å². The van der Waals surface area contributed by atoms with Crippen molar-refractivity contribution in [2.45, 2.75) is 4.90 Å². The van der Waals surface area contributed by atoms with Crippen molar-refractivity contribution in [3.8, 4) is 0 Å². The molecule has 0 aliphatic heterocycles. The standard InChI is InChI=1S/C13H12N2O3S/c14-11-6-8-12(9-7-11)19(17,18)15-13(16)10-4-2-1-3-5-10/h1-9H,14H2,(H,15,16)/p-1. The third-order valence-corrected chi connectivity index (χ3v) is 3.68. The van der Waals surface area contributed by atoms with Crippen molar-refractivity contribution in [1.82, 2.24) is 0 Å². The van der Waals surface area contributed by atoms with Crippen molar-refractivity contribution in [1.29, 1.82) is 0 Å². The molecule has 19 heavy (non-hydrogen) atoms. The SMILES string of the molecule is Nc1ccc(S(=O)(=O)/N=C(\[O-])c2ccccc2)cc1. The summed E-state index contributed by atoms with van der Waals surface area (Å²) in [4.78, 5) is -0.0639. The Morgan fingerprint density at radius 1 is 1.00 bits per heavy atom. The molecule has 0 unspecified atom stereocenters. The topological polar surface area (TPSA) is 95.6 Å². The molecule has 0 saturated heterocycles. The van der Waals surface area contributed by atoms with Gasteiger partial charge in [-0.15, -0.1) is 0 Å². The second-order valence-electron chi connectivity index (χ2n) is 3.81. The van der Waals surface area contributed by atoms with Gasteiger partial charge in [0, 0.05) is 11.6 Å². The number of sulfonamides is 1. The summed E-state index contributed by atoms with van der Waals surface area (Å²) in [5.74, 6) is -0.794. The summed E-state index contributed by atoms with van der Waals surface area (Å²) in [6, 6.07) is 13.5. The van der Waals surface area contributed by atoms with Crippen molar-refractivity contribution in [3.63, 3.8) is 0 Å². The third kappa shape index (κ3) is 3.11. The monoisotopic (exact) mass is 275 g/mol. The van der Waals surface area contributed by atoms with Crippen molar-refractivity contribution in [2.24, 2.45) is 4.40 Å². The van der Waals surface area contributed by atoms with Crippen LogP contribution >= 0.6 is 0 Å². The van der Waals surface area contributed by atoms with E-state index in [9.17, 15) is 13.5 Å². The molecule has 0 aliphatic carbocycles. The number of benzene rings is 2. The predicted octanol–water partition coefficient (Wildman–Crippen LogP) is 0.765. The van der Waals surface area contributed by atoms with Crippen LogP contribution in [-0.4, -0.2) is 14.3 Å². The molecule has 0 radical (unpaired) electrons. The van der Waals surface area contributed by atoms with Crippen LogP contribution in [0.5, 0.6) is 0 Å². The molecule has 0 spiro atoms. The van der Waals surface area contributed by atoms with Crippen LogP contribution in [0.3, 0.4) is 0 Å². The normalized spacial score (nSPS) is 12.3. The molecule has 0 amide bonds. The van der Waals surface area contributed by atoms with Gasteiger partial charge in [-0.3, -0.25) is 0 Å². The summed E-state index contributed by atoms with van der Waals surface area (Å²) in [7, 11) is -4.00. The Balaban J connectivity index is 2.39. The van der Waals surface area contributed by atoms with Gasteiger partial charge < -0.3 is 10.8 Å².